The van der Waals surface area contributed by atoms with Crippen LogP contribution >= 0.6 is 27.3 Å². The van der Waals surface area contributed by atoms with Crippen molar-refractivity contribution >= 4 is 27.3 Å². The smallest absolute Gasteiger partial charge is 0.132 e. The Morgan fingerprint density at radius 3 is 2.94 bits per heavy atom. The summed E-state index contributed by atoms with van der Waals surface area (Å²) in [5.41, 5.74) is 0. The van der Waals surface area contributed by atoms with Crippen molar-refractivity contribution in [1.29, 1.82) is 0 Å². The molecule has 0 saturated heterocycles. The molecule has 2 atom stereocenters. The van der Waals surface area contributed by atoms with Gasteiger partial charge in [0.15, 0.2) is 0 Å². The van der Waals surface area contributed by atoms with Crippen molar-refractivity contribution in [3.8, 4) is 0 Å². The van der Waals surface area contributed by atoms with E-state index in [-0.39, 0.29) is 6.04 Å². The molecule has 98 valence electrons. The zero-order chi connectivity index (χ0) is 13.0. The van der Waals surface area contributed by atoms with Gasteiger partial charge in [-0.1, -0.05) is 0 Å². The lowest BCUT2D eigenvalue weighted by Gasteiger charge is -2.16. The Labute approximate surface area is 119 Å². The van der Waals surface area contributed by atoms with Gasteiger partial charge >= 0.3 is 0 Å². The van der Waals surface area contributed by atoms with Crippen molar-refractivity contribution in [2.45, 2.75) is 32.0 Å². The number of nitrogens with one attached hydrogen (secondary N) is 1. The normalized spacial score (nSPS) is 14.6. The number of rotatable bonds is 6. The molecule has 0 fully saturated rings. The molecule has 3 nitrogen and oxygen atoms in total. The van der Waals surface area contributed by atoms with Crippen LogP contribution in [0, 0.1) is 0 Å². The maximum absolute atomic E-state index is 9.95. The molecule has 2 aromatic heterocycles. The van der Waals surface area contributed by atoms with E-state index in [1.165, 1.54) is 4.88 Å². The van der Waals surface area contributed by atoms with Crippen molar-refractivity contribution in [3.63, 3.8) is 0 Å². The molecule has 2 rings (SSSR count). The molecule has 18 heavy (non-hydrogen) atoms. The Hall–Kier alpha value is -0.620. The summed E-state index contributed by atoms with van der Waals surface area (Å²) in [6.07, 6.45) is 1.67. The van der Waals surface area contributed by atoms with Crippen LogP contribution < -0.4 is 5.32 Å². The van der Waals surface area contributed by atoms with Gasteiger partial charge in [0.1, 0.15) is 11.9 Å². The summed E-state index contributed by atoms with van der Waals surface area (Å²) in [6.45, 7) is 2.87. The van der Waals surface area contributed by atoms with E-state index >= 15 is 0 Å². The molecule has 0 aliphatic carbocycles. The number of hydrogen-bond donors (Lipinski definition) is 2. The fraction of sp³-hybridized carbons (Fsp3) is 0.385. The number of halogens is 1. The highest BCUT2D eigenvalue weighted by Crippen LogP contribution is 2.23. The molecule has 0 aromatic carbocycles. The van der Waals surface area contributed by atoms with Gasteiger partial charge in [-0.2, -0.15) is 0 Å². The summed E-state index contributed by atoms with van der Waals surface area (Å²) in [4.78, 5) is 1.27. The Kier molecular flexibility index (Phi) is 5.00. The minimum absolute atomic E-state index is 0.221. The number of thiophene rings is 1. The zero-order valence-electron chi connectivity index (χ0n) is 10.1. The largest absolute Gasteiger partial charge is 0.467 e. The number of hydrogen-bond acceptors (Lipinski definition) is 4. The average Bonchev–Trinajstić information content (AvgIpc) is 2.97. The first-order valence-corrected chi connectivity index (χ1v) is 7.51. The third kappa shape index (κ3) is 3.68. The van der Waals surface area contributed by atoms with Crippen LogP contribution in [0.1, 0.15) is 30.1 Å². The Morgan fingerprint density at radius 2 is 2.33 bits per heavy atom. The zero-order valence-corrected chi connectivity index (χ0v) is 12.5. The molecule has 2 heterocycles. The van der Waals surface area contributed by atoms with Crippen LogP contribution in [0.25, 0.3) is 0 Å². The van der Waals surface area contributed by atoms with Crippen LogP contribution in [0.2, 0.25) is 0 Å². The first-order chi connectivity index (χ1) is 8.66. The van der Waals surface area contributed by atoms with Gasteiger partial charge in [0, 0.05) is 21.9 Å². The van der Waals surface area contributed by atoms with Gasteiger partial charge < -0.3 is 14.8 Å². The molecule has 2 aromatic rings. The standard InChI is InChI=1S/C13H16BrNO2S/c1-9(7-11(16)12-3-2-5-17-12)15-8-13-10(14)4-6-18-13/h2-6,9,11,15-16H,7-8H2,1H3/t9-,11-/m0/s1. The highest BCUT2D eigenvalue weighted by Gasteiger charge is 2.14. The minimum Gasteiger partial charge on any atom is -0.467 e. The summed E-state index contributed by atoms with van der Waals surface area (Å²) in [5.74, 6) is 0.626. The second kappa shape index (κ2) is 6.52. The van der Waals surface area contributed by atoms with Gasteiger partial charge in [-0.3, -0.25) is 0 Å². The Bertz CT molecular complexity index is 469. The van der Waals surface area contributed by atoms with Crippen LogP contribution in [0.4, 0.5) is 0 Å². The van der Waals surface area contributed by atoms with Gasteiger partial charge in [-0.25, -0.2) is 0 Å². The Balaban J connectivity index is 1.79. The van der Waals surface area contributed by atoms with E-state index < -0.39 is 6.10 Å². The molecule has 0 saturated carbocycles. The van der Waals surface area contributed by atoms with E-state index in [1.807, 2.05) is 6.07 Å². The van der Waals surface area contributed by atoms with Crippen molar-refractivity contribution in [3.05, 3.63) is 45.0 Å². The SMILES string of the molecule is C[C@@H](C[C@H](O)c1ccco1)NCc1sccc1Br. The molecule has 0 aliphatic heterocycles. The predicted octanol–water partition coefficient (Wildman–Crippen LogP) is 3.71. The topological polar surface area (TPSA) is 45.4 Å². The van der Waals surface area contributed by atoms with Gasteiger partial charge in [0.25, 0.3) is 0 Å². The van der Waals surface area contributed by atoms with Gasteiger partial charge in [-0.05, 0) is 52.9 Å². The summed E-state index contributed by atoms with van der Waals surface area (Å²) in [7, 11) is 0. The Morgan fingerprint density at radius 1 is 1.50 bits per heavy atom. The van der Waals surface area contributed by atoms with Gasteiger partial charge in [0.05, 0.1) is 6.26 Å². The monoisotopic (exact) mass is 329 g/mol. The van der Waals surface area contributed by atoms with Crippen LogP contribution in [-0.2, 0) is 6.54 Å². The fourth-order valence-corrected chi connectivity index (χ4v) is 3.18. The molecule has 0 unspecified atom stereocenters. The summed E-state index contributed by atoms with van der Waals surface area (Å²) < 4.78 is 6.32. The lowest BCUT2D eigenvalue weighted by molar-refractivity contribution is 0.128. The molecule has 5 heteroatoms. The molecular formula is C13H16BrNO2S. The number of aliphatic hydroxyl groups is 1. The first-order valence-electron chi connectivity index (χ1n) is 5.83. The van der Waals surface area contributed by atoms with Crippen molar-refractivity contribution in [1.82, 2.24) is 5.32 Å². The van der Waals surface area contributed by atoms with E-state index in [4.69, 9.17) is 4.42 Å². The van der Waals surface area contributed by atoms with E-state index in [2.05, 4.69) is 33.6 Å². The molecule has 0 amide bonds. The quantitative estimate of drug-likeness (QED) is 0.849. The lowest BCUT2D eigenvalue weighted by atomic mass is 10.1. The minimum atomic E-state index is -0.547. The van der Waals surface area contributed by atoms with Gasteiger partial charge in [0.2, 0.25) is 0 Å². The molecule has 2 N–H and O–H groups in total. The average molecular weight is 330 g/mol. The van der Waals surface area contributed by atoms with Crippen molar-refractivity contribution < 1.29 is 9.52 Å². The third-order valence-electron chi connectivity index (χ3n) is 2.75. The van der Waals surface area contributed by atoms with E-state index in [9.17, 15) is 5.11 Å². The maximum atomic E-state index is 9.95. The van der Waals surface area contributed by atoms with E-state index in [0.717, 1.165) is 11.0 Å². The molecular weight excluding hydrogens is 314 g/mol. The number of furan rings is 1. The fourth-order valence-electron chi connectivity index (χ4n) is 1.73. The second-order valence-corrected chi connectivity index (χ2v) is 6.10. The van der Waals surface area contributed by atoms with Crippen LogP contribution in [0.5, 0.6) is 0 Å². The molecule has 0 spiro atoms. The van der Waals surface area contributed by atoms with E-state index in [0.29, 0.717) is 12.2 Å². The summed E-state index contributed by atoms with van der Waals surface area (Å²) in [5, 5.41) is 15.4. The molecule has 0 bridgehead atoms. The number of aliphatic hydroxyl groups excluding tert-OH is 1. The highest BCUT2D eigenvalue weighted by atomic mass is 79.9. The summed E-state index contributed by atoms with van der Waals surface area (Å²) in [6, 6.07) is 5.86. The highest BCUT2D eigenvalue weighted by molar-refractivity contribution is 9.10. The maximum Gasteiger partial charge on any atom is 0.132 e. The second-order valence-electron chi connectivity index (χ2n) is 4.24. The van der Waals surface area contributed by atoms with E-state index in [1.54, 1.807) is 29.7 Å². The third-order valence-corrected chi connectivity index (χ3v) is 4.68. The van der Waals surface area contributed by atoms with Crippen LogP contribution in [-0.4, -0.2) is 11.1 Å². The van der Waals surface area contributed by atoms with Crippen molar-refractivity contribution in [2.24, 2.45) is 0 Å². The van der Waals surface area contributed by atoms with Gasteiger partial charge in [-0.15, -0.1) is 11.3 Å². The van der Waals surface area contributed by atoms with Crippen molar-refractivity contribution in [2.75, 3.05) is 0 Å². The summed E-state index contributed by atoms with van der Waals surface area (Å²) >= 11 is 5.22. The first kappa shape index (κ1) is 13.8. The van der Waals surface area contributed by atoms with Crippen LogP contribution in [0.15, 0.2) is 38.7 Å². The molecule has 0 radical (unpaired) electrons. The lowest BCUT2D eigenvalue weighted by Crippen LogP contribution is -2.27. The molecule has 0 aliphatic rings. The predicted molar refractivity (Wildman–Crippen MR) is 76.6 cm³/mol. The van der Waals surface area contributed by atoms with Crippen LogP contribution in [0.3, 0.4) is 0 Å².